The van der Waals surface area contributed by atoms with Gasteiger partial charge in [0.05, 0.1) is 28.2 Å². The second-order valence-corrected chi connectivity index (χ2v) is 21.5. The van der Waals surface area contributed by atoms with E-state index in [0.29, 0.717) is 63.7 Å². The fourth-order valence-electron chi connectivity index (χ4n) is 12.7. The third-order valence-electron chi connectivity index (χ3n) is 16.6. The molecule has 5 amide bonds. The average molecular weight is 1070 g/mol. The van der Waals surface area contributed by atoms with Gasteiger partial charge < -0.3 is 35.6 Å². The van der Waals surface area contributed by atoms with E-state index >= 15 is 17.6 Å². The van der Waals surface area contributed by atoms with Crippen LogP contribution in [0.2, 0.25) is 5.02 Å². The number of nitrogens with one attached hydrogen (secondary N) is 2. The number of rotatable bonds is 13. The van der Waals surface area contributed by atoms with Crippen LogP contribution >= 0.6 is 11.6 Å². The van der Waals surface area contributed by atoms with Gasteiger partial charge in [-0.3, -0.25) is 34.2 Å². The lowest BCUT2D eigenvalue weighted by Gasteiger charge is -2.48. The normalized spacial score (nSPS) is 25.4. The van der Waals surface area contributed by atoms with Gasteiger partial charge >= 0.3 is 6.03 Å². The van der Waals surface area contributed by atoms with Crippen LogP contribution in [-0.4, -0.2) is 124 Å². The van der Waals surface area contributed by atoms with Gasteiger partial charge in [0.1, 0.15) is 29.5 Å². The lowest BCUT2D eigenvalue weighted by Crippen LogP contribution is -2.57. The number of nitrogens with two attached hydrogens (primary N) is 1. The minimum atomic E-state index is -1.51. The summed E-state index contributed by atoms with van der Waals surface area (Å²) in [7, 11) is 1.50. The lowest BCUT2D eigenvalue weighted by molar-refractivity contribution is -0.139. The molecule has 404 valence electrons. The first-order valence-electron chi connectivity index (χ1n) is 25.9. The van der Waals surface area contributed by atoms with E-state index in [9.17, 15) is 29.4 Å². The number of piperidine rings is 2. The van der Waals surface area contributed by atoms with Gasteiger partial charge in [-0.25, -0.2) is 22.4 Å². The minimum Gasteiger partial charge on any atom is -0.488 e. The predicted octanol–water partition coefficient (Wildman–Crippen LogP) is 7.14. The number of fused-ring (bicyclic) bond motifs is 2. The Morgan fingerprint density at radius 1 is 0.934 bits per heavy atom. The molecule has 4 aliphatic heterocycles. The quantitative estimate of drug-likeness (QED) is 0.0750. The smallest absolute Gasteiger partial charge is 0.329 e. The molecule has 0 bridgehead atoms. The number of imide groups is 1. The average Bonchev–Trinajstić information content (AvgIpc) is 4.06. The summed E-state index contributed by atoms with van der Waals surface area (Å²) in [6.45, 7) is 4.79. The number of aryl methyl sites for hydroxylation is 1. The number of hydrogen-bond acceptors (Lipinski definition) is 11. The Morgan fingerprint density at radius 2 is 1.66 bits per heavy atom. The number of aliphatic hydroxyl groups excluding tert-OH is 1. The number of primary amides is 1. The Kier molecular flexibility index (Phi) is 14.6. The highest BCUT2D eigenvalue weighted by atomic mass is 35.5. The number of likely N-dealkylation sites (tertiary alicyclic amines) is 2. The van der Waals surface area contributed by atoms with Crippen LogP contribution in [0.15, 0.2) is 54.6 Å². The van der Waals surface area contributed by atoms with Gasteiger partial charge in [-0.2, -0.15) is 5.10 Å². The Morgan fingerprint density at radius 3 is 2.33 bits per heavy atom. The first-order valence-corrected chi connectivity index (χ1v) is 26.3. The van der Waals surface area contributed by atoms with E-state index in [4.69, 9.17) is 26.8 Å². The maximum absolute atomic E-state index is 16.5. The summed E-state index contributed by atoms with van der Waals surface area (Å²) in [4.78, 5) is 56.5. The van der Waals surface area contributed by atoms with Gasteiger partial charge in [-0.05, 0) is 82.2 Å². The molecule has 1 saturated carbocycles. The molecule has 1 aliphatic carbocycles. The van der Waals surface area contributed by atoms with Gasteiger partial charge in [0.2, 0.25) is 17.7 Å². The van der Waals surface area contributed by atoms with Crippen molar-refractivity contribution in [2.24, 2.45) is 18.7 Å². The van der Waals surface area contributed by atoms with E-state index in [2.05, 4.69) is 20.6 Å². The number of halogens is 5. The topological polar surface area (TPSA) is 205 Å². The number of hydrogen-bond donors (Lipinski definition) is 5. The van der Waals surface area contributed by atoms with E-state index in [1.54, 1.807) is 6.92 Å². The standard InChI is InChI=1S/C55H61ClF4N8O8/c1-29-42-40(26-38(58)46(56)45(42)43-34(50(61)71)13-14-39(47(43)59)75-24-23-69)76-55(29,31-7-5-4-6-8-31)27-62-32-11-9-30(10-12-32)52(72)66-19-15-33(16-20-66)67-21-17-36(54(2,74)28-67)44-37(57)25-35-49(48(44)60)65(3)64-51(35)68-22-18-41(70)63-53(68)73/h4-8,13-14,25-26,29-30,32-33,36,62,69,74H,9-12,15-24,27-28H2,1-3H3,(H2,61,71)(H,63,70,73)/t29-,30?,32?,36+,54+,55-/m0/s1. The van der Waals surface area contributed by atoms with Crippen LogP contribution in [0.3, 0.4) is 0 Å². The molecule has 5 heterocycles. The van der Waals surface area contributed by atoms with Crippen molar-refractivity contribution in [2.75, 3.05) is 57.4 Å². The number of nitrogens with zero attached hydrogens (tertiary/aromatic N) is 5. The van der Waals surface area contributed by atoms with Crippen molar-refractivity contribution >= 4 is 52.1 Å². The molecule has 21 heteroatoms. The van der Waals surface area contributed by atoms with Gasteiger partial charge in [0, 0.05) is 104 Å². The number of aromatic nitrogens is 2. The molecular formula is C55H61ClF4N8O8. The van der Waals surface area contributed by atoms with Crippen molar-refractivity contribution in [3.05, 3.63) is 105 Å². The molecule has 4 fully saturated rings. The number of carbonyl (C=O) groups is 4. The van der Waals surface area contributed by atoms with Gasteiger partial charge in [0.15, 0.2) is 28.8 Å². The van der Waals surface area contributed by atoms with Crippen LogP contribution < -0.4 is 30.7 Å². The van der Waals surface area contributed by atoms with Crippen molar-refractivity contribution in [3.8, 4) is 22.6 Å². The van der Waals surface area contributed by atoms with Crippen molar-refractivity contribution in [3.63, 3.8) is 0 Å². The first kappa shape index (κ1) is 53.1. The van der Waals surface area contributed by atoms with Gasteiger partial charge in [-0.1, -0.05) is 48.9 Å². The van der Waals surface area contributed by atoms with Crippen LogP contribution in [0.25, 0.3) is 22.0 Å². The minimum absolute atomic E-state index is 0.00836. The molecule has 5 aromatic rings. The van der Waals surface area contributed by atoms with Crippen molar-refractivity contribution < 1.29 is 56.4 Å². The number of carbonyl (C=O) groups excluding carboxylic acids is 4. The van der Waals surface area contributed by atoms with Crippen LogP contribution in [-0.2, 0) is 22.2 Å². The highest BCUT2D eigenvalue weighted by Gasteiger charge is 2.51. The SMILES string of the molecule is C[C@H]1c2c(cc(F)c(Cl)c2-c2c(C(N)=O)ccc(OCCO)c2F)O[C@]1(CNC1CCC(C(=O)N2CCC(N3CC[C@H](c4c(F)cc5c(N6CCC(=O)NC6=O)nn(C)c5c4F)[C@](C)(O)C3)CC2)CC1)c1ccccc1. The Bertz CT molecular complexity index is 3110. The molecule has 16 nitrogen and oxygen atoms in total. The Hall–Kier alpha value is -6.32. The zero-order valence-electron chi connectivity index (χ0n) is 42.4. The van der Waals surface area contributed by atoms with E-state index in [0.717, 1.165) is 11.6 Å². The number of anilines is 1. The summed E-state index contributed by atoms with van der Waals surface area (Å²) < 4.78 is 78.5. The van der Waals surface area contributed by atoms with Gasteiger partial charge in [-0.15, -0.1) is 0 Å². The fraction of sp³-hybridized carbons (Fsp3) is 0.473. The van der Waals surface area contributed by atoms with Crippen LogP contribution in [0.5, 0.6) is 11.5 Å². The molecular weight excluding hydrogens is 1010 g/mol. The summed E-state index contributed by atoms with van der Waals surface area (Å²) in [6.07, 6.45) is 4.30. The fourth-order valence-corrected chi connectivity index (χ4v) is 12.9. The second kappa shape index (κ2) is 20.9. The molecule has 6 N–H and O–H groups in total. The van der Waals surface area contributed by atoms with Gasteiger partial charge in [0.25, 0.3) is 0 Å². The number of β-amino-alcohol motifs (C(OH)–C–C–N with tert-alkyl or cyclic N) is 1. The molecule has 0 unspecified atom stereocenters. The predicted molar refractivity (Wildman–Crippen MR) is 274 cm³/mol. The third kappa shape index (κ3) is 9.43. The number of aliphatic hydroxyl groups is 2. The Balaban J connectivity index is 0.773. The zero-order chi connectivity index (χ0) is 54.0. The first-order chi connectivity index (χ1) is 36.3. The summed E-state index contributed by atoms with van der Waals surface area (Å²) in [5.41, 5.74) is 3.30. The largest absolute Gasteiger partial charge is 0.488 e. The molecule has 3 saturated heterocycles. The highest BCUT2D eigenvalue weighted by molar-refractivity contribution is 6.34. The van der Waals surface area contributed by atoms with E-state index in [1.807, 2.05) is 42.2 Å². The third-order valence-corrected chi connectivity index (χ3v) is 16.9. The molecule has 4 aromatic carbocycles. The molecule has 0 spiro atoms. The van der Waals surface area contributed by atoms with Crippen LogP contribution in [0, 0.1) is 29.2 Å². The monoisotopic (exact) mass is 1070 g/mol. The number of benzene rings is 4. The molecule has 0 radical (unpaired) electrons. The number of urea groups is 1. The maximum Gasteiger partial charge on any atom is 0.329 e. The molecule has 4 atom stereocenters. The van der Waals surface area contributed by atoms with E-state index in [1.165, 1.54) is 34.8 Å². The van der Waals surface area contributed by atoms with Crippen molar-refractivity contribution in [1.29, 1.82) is 0 Å². The van der Waals surface area contributed by atoms with Crippen LogP contribution in [0.4, 0.5) is 28.2 Å². The van der Waals surface area contributed by atoms with E-state index < -0.39 is 75.8 Å². The Labute approximate surface area is 441 Å². The molecule has 76 heavy (non-hydrogen) atoms. The molecule has 10 rings (SSSR count). The summed E-state index contributed by atoms with van der Waals surface area (Å²) in [5, 5.41) is 31.2. The summed E-state index contributed by atoms with van der Waals surface area (Å²) in [6, 6.07) is 13.5. The molecule has 1 aromatic heterocycles. The van der Waals surface area contributed by atoms with E-state index in [-0.39, 0.29) is 113 Å². The number of ether oxygens (including phenoxy) is 2. The zero-order valence-corrected chi connectivity index (χ0v) is 43.2. The van der Waals surface area contributed by atoms with Crippen molar-refractivity contribution in [2.45, 2.75) is 100 Å². The number of amides is 5. The summed E-state index contributed by atoms with van der Waals surface area (Å²) in [5.74, 6) is -6.71. The summed E-state index contributed by atoms with van der Waals surface area (Å²) >= 11 is 6.72. The maximum atomic E-state index is 16.5. The molecule has 5 aliphatic rings. The van der Waals surface area contributed by atoms with Crippen molar-refractivity contribution in [1.82, 2.24) is 30.2 Å². The van der Waals surface area contributed by atoms with Crippen LogP contribution in [0.1, 0.15) is 104 Å². The highest BCUT2D eigenvalue weighted by Crippen LogP contribution is 2.57. The second-order valence-electron chi connectivity index (χ2n) is 21.1. The lowest BCUT2D eigenvalue weighted by atomic mass is 9.76.